The van der Waals surface area contributed by atoms with Crippen LogP contribution in [-0.4, -0.2) is 19.0 Å². The van der Waals surface area contributed by atoms with Gasteiger partial charge in [0.25, 0.3) is 0 Å². The maximum Gasteiger partial charge on any atom is 0.134 e. The van der Waals surface area contributed by atoms with Crippen molar-refractivity contribution in [3.63, 3.8) is 0 Å². The third-order valence-corrected chi connectivity index (χ3v) is 1.61. The van der Waals surface area contributed by atoms with Gasteiger partial charge in [-0.1, -0.05) is 30.3 Å². The molecule has 0 spiro atoms. The summed E-state index contributed by atoms with van der Waals surface area (Å²) in [6, 6.07) is 9.75. The largest absolute Gasteiger partial charge is 0.300 e. The third kappa shape index (κ3) is 9.37. The van der Waals surface area contributed by atoms with E-state index >= 15 is 0 Å². The second-order valence-corrected chi connectivity index (χ2v) is 3.18. The number of carbonyl (C=O) groups excluding carboxylic acids is 1. The molecular formula is C13H20O3. The Bertz CT molecular complexity index is 266. The van der Waals surface area contributed by atoms with Gasteiger partial charge in [-0.05, 0) is 26.3 Å². The number of carbonyl (C=O) groups is 1. The van der Waals surface area contributed by atoms with Gasteiger partial charge in [0.2, 0.25) is 0 Å². The average molecular weight is 224 g/mol. The van der Waals surface area contributed by atoms with Crippen molar-refractivity contribution in [1.29, 1.82) is 0 Å². The molecule has 0 aliphatic heterocycles. The number of rotatable bonds is 5. The van der Waals surface area contributed by atoms with Crippen LogP contribution in [-0.2, 0) is 21.0 Å². The molecule has 0 aliphatic rings. The molecule has 16 heavy (non-hydrogen) atoms. The maximum absolute atomic E-state index is 10.6. The van der Waals surface area contributed by atoms with Gasteiger partial charge in [-0.3, -0.25) is 4.79 Å². The first kappa shape index (κ1) is 14.8. The van der Waals surface area contributed by atoms with E-state index in [0.717, 1.165) is 5.56 Å². The molecule has 3 nitrogen and oxygen atoms in total. The molecule has 1 aromatic carbocycles. The van der Waals surface area contributed by atoms with Crippen LogP contribution in [0.4, 0.5) is 0 Å². The van der Waals surface area contributed by atoms with Crippen molar-refractivity contribution in [3.05, 3.63) is 35.9 Å². The number of hydrogen-bond acceptors (Lipinski definition) is 3. The molecule has 0 saturated heterocycles. The fraction of sp³-hybridized carbons (Fsp3) is 0.462. The molecule has 1 rings (SSSR count). The standard InChI is InChI=1S/C9H10O.C4H10O2/c1-8(10)7-9-5-3-2-4-6-9;1-3-5-6-4-2/h2-6H,7H2,1H3;3-4H2,1-2H3. The van der Waals surface area contributed by atoms with Crippen molar-refractivity contribution < 1.29 is 14.6 Å². The van der Waals surface area contributed by atoms with Crippen LogP contribution in [0.2, 0.25) is 0 Å². The van der Waals surface area contributed by atoms with Crippen LogP contribution in [0.25, 0.3) is 0 Å². The summed E-state index contributed by atoms with van der Waals surface area (Å²) >= 11 is 0. The molecule has 0 N–H and O–H groups in total. The van der Waals surface area contributed by atoms with E-state index in [1.165, 1.54) is 0 Å². The molecular weight excluding hydrogens is 204 g/mol. The van der Waals surface area contributed by atoms with Gasteiger partial charge in [0.1, 0.15) is 5.78 Å². The lowest BCUT2D eigenvalue weighted by Crippen LogP contribution is -1.94. The summed E-state index contributed by atoms with van der Waals surface area (Å²) in [7, 11) is 0. The summed E-state index contributed by atoms with van der Waals surface area (Å²) < 4.78 is 0. The minimum absolute atomic E-state index is 0.214. The van der Waals surface area contributed by atoms with Gasteiger partial charge in [0.15, 0.2) is 0 Å². The second kappa shape index (κ2) is 10.3. The highest BCUT2D eigenvalue weighted by Crippen LogP contribution is 1.98. The summed E-state index contributed by atoms with van der Waals surface area (Å²) in [5, 5.41) is 0. The predicted octanol–water partition coefficient (Wildman–Crippen LogP) is 2.79. The van der Waals surface area contributed by atoms with Crippen LogP contribution in [0.1, 0.15) is 26.3 Å². The first-order valence-electron chi connectivity index (χ1n) is 5.48. The Morgan fingerprint density at radius 1 is 1.06 bits per heavy atom. The summed E-state index contributed by atoms with van der Waals surface area (Å²) in [5.74, 6) is 0.214. The van der Waals surface area contributed by atoms with Crippen LogP contribution in [0, 0.1) is 0 Å². The Kier molecular flexibility index (Phi) is 9.56. The lowest BCUT2D eigenvalue weighted by atomic mass is 10.1. The van der Waals surface area contributed by atoms with Gasteiger partial charge in [-0.2, -0.15) is 0 Å². The van der Waals surface area contributed by atoms with E-state index in [4.69, 9.17) is 0 Å². The zero-order valence-corrected chi connectivity index (χ0v) is 10.2. The topological polar surface area (TPSA) is 35.5 Å². The maximum atomic E-state index is 10.6. The van der Waals surface area contributed by atoms with Gasteiger partial charge in [0.05, 0.1) is 13.2 Å². The lowest BCUT2D eigenvalue weighted by molar-refractivity contribution is -0.287. The van der Waals surface area contributed by atoms with Crippen molar-refractivity contribution in [2.75, 3.05) is 13.2 Å². The van der Waals surface area contributed by atoms with Crippen molar-refractivity contribution >= 4 is 5.78 Å². The molecule has 0 heterocycles. The van der Waals surface area contributed by atoms with E-state index in [0.29, 0.717) is 19.6 Å². The highest BCUT2D eigenvalue weighted by molar-refractivity contribution is 5.78. The zero-order chi connectivity index (χ0) is 12.2. The lowest BCUT2D eigenvalue weighted by Gasteiger charge is -1.93. The molecule has 0 fully saturated rings. The highest BCUT2D eigenvalue weighted by Gasteiger charge is 1.93. The Morgan fingerprint density at radius 3 is 1.94 bits per heavy atom. The predicted molar refractivity (Wildman–Crippen MR) is 64.1 cm³/mol. The van der Waals surface area contributed by atoms with E-state index in [9.17, 15) is 4.79 Å². The minimum Gasteiger partial charge on any atom is -0.300 e. The SMILES string of the molecule is CC(=O)Cc1ccccc1.CCOOCC. The van der Waals surface area contributed by atoms with Crippen molar-refractivity contribution in [3.8, 4) is 0 Å². The summed E-state index contributed by atoms with van der Waals surface area (Å²) in [5.41, 5.74) is 1.09. The number of ketones is 1. The van der Waals surface area contributed by atoms with Gasteiger partial charge in [0, 0.05) is 6.42 Å². The fourth-order valence-electron chi connectivity index (χ4n) is 1.05. The first-order valence-corrected chi connectivity index (χ1v) is 5.48. The molecule has 0 saturated carbocycles. The fourth-order valence-corrected chi connectivity index (χ4v) is 1.05. The zero-order valence-electron chi connectivity index (χ0n) is 10.2. The van der Waals surface area contributed by atoms with E-state index < -0.39 is 0 Å². The summed E-state index contributed by atoms with van der Waals surface area (Å²) in [4.78, 5) is 19.6. The first-order chi connectivity index (χ1) is 7.70. The second-order valence-electron chi connectivity index (χ2n) is 3.18. The van der Waals surface area contributed by atoms with Crippen LogP contribution >= 0.6 is 0 Å². The van der Waals surface area contributed by atoms with Crippen molar-refractivity contribution in [1.82, 2.24) is 0 Å². The van der Waals surface area contributed by atoms with Gasteiger partial charge in [-0.15, -0.1) is 0 Å². The Labute approximate surface area is 97.3 Å². The van der Waals surface area contributed by atoms with Gasteiger partial charge < -0.3 is 0 Å². The van der Waals surface area contributed by atoms with Crippen molar-refractivity contribution in [2.45, 2.75) is 27.2 Å². The molecule has 0 atom stereocenters. The van der Waals surface area contributed by atoms with Crippen LogP contribution in [0.5, 0.6) is 0 Å². The molecule has 90 valence electrons. The van der Waals surface area contributed by atoms with Crippen LogP contribution in [0.3, 0.4) is 0 Å². The summed E-state index contributed by atoms with van der Waals surface area (Å²) in [6.07, 6.45) is 0.556. The smallest absolute Gasteiger partial charge is 0.134 e. The van der Waals surface area contributed by atoms with Gasteiger partial charge in [-0.25, -0.2) is 9.78 Å². The Balaban J connectivity index is 0.000000325. The minimum atomic E-state index is 0.214. The van der Waals surface area contributed by atoms with Crippen LogP contribution in [0.15, 0.2) is 30.3 Å². The average Bonchev–Trinajstić information content (AvgIpc) is 2.28. The van der Waals surface area contributed by atoms with E-state index in [1.807, 2.05) is 44.2 Å². The van der Waals surface area contributed by atoms with E-state index in [2.05, 4.69) is 9.78 Å². The highest BCUT2D eigenvalue weighted by atomic mass is 17.2. The third-order valence-electron chi connectivity index (χ3n) is 1.61. The quantitative estimate of drug-likeness (QED) is 0.438. The molecule has 1 aromatic rings. The normalized spacial score (nSPS) is 9.19. The number of Topliss-reactive ketones (excluding diaryl/α,β-unsaturated/α-hetero) is 1. The molecule has 0 aromatic heterocycles. The Morgan fingerprint density at radius 2 is 1.56 bits per heavy atom. The molecule has 3 heteroatoms. The molecule has 0 aliphatic carbocycles. The van der Waals surface area contributed by atoms with E-state index in [1.54, 1.807) is 6.92 Å². The van der Waals surface area contributed by atoms with Gasteiger partial charge >= 0.3 is 0 Å². The summed E-state index contributed by atoms with van der Waals surface area (Å²) in [6.45, 7) is 6.64. The number of hydrogen-bond donors (Lipinski definition) is 0. The molecule has 0 radical (unpaired) electrons. The van der Waals surface area contributed by atoms with E-state index in [-0.39, 0.29) is 5.78 Å². The molecule has 0 amide bonds. The van der Waals surface area contributed by atoms with Crippen molar-refractivity contribution in [2.24, 2.45) is 0 Å². The molecule has 0 unspecified atom stereocenters. The Hall–Kier alpha value is -1.19. The monoisotopic (exact) mass is 224 g/mol. The number of benzene rings is 1. The molecule has 0 bridgehead atoms. The van der Waals surface area contributed by atoms with Crippen LogP contribution < -0.4 is 0 Å².